The van der Waals surface area contributed by atoms with Gasteiger partial charge in [-0.1, -0.05) is 116 Å². The van der Waals surface area contributed by atoms with Gasteiger partial charge in [0.15, 0.2) is 17.5 Å². The molecule has 55 heavy (non-hydrogen) atoms. The van der Waals surface area contributed by atoms with Crippen molar-refractivity contribution >= 4 is 21.8 Å². The molecule has 0 N–H and O–H groups in total. The summed E-state index contributed by atoms with van der Waals surface area (Å²) >= 11 is 0. The van der Waals surface area contributed by atoms with Gasteiger partial charge in [-0.05, 0) is 108 Å². The summed E-state index contributed by atoms with van der Waals surface area (Å²) in [7, 11) is 0. The SMILES string of the molecule is C[C@H]1[C@@H]2[C@@H]3CC[C@H]2CC1(c1ccc(-c2ccc(-n4c5ccccc5c5ccc(-c6nc(-c7ccccc7)nc(-c7cccc(C#N)c7)n6)cc54)cc2)cc1)C3. The lowest BCUT2D eigenvalue weighted by atomic mass is 9.72. The molecular weight excluding hydrogens is 671 g/mol. The number of para-hydroxylation sites is 1. The zero-order valence-corrected chi connectivity index (χ0v) is 30.7. The van der Waals surface area contributed by atoms with Crippen LogP contribution in [-0.4, -0.2) is 19.5 Å². The molecule has 2 aromatic heterocycles. The van der Waals surface area contributed by atoms with Gasteiger partial charge in [-0.2, -0.15) is 5.26 Å². The van der Waals surface area contributed by atoms with Gasteiger partial charge in [-0.15, -0.1) is 0 Å². The molecule has 1 unspecified atom stereocenters. The lowest BCUT2D eigenvalue weighted by Crippen LogP contribution is -2.26. The maximum atomic E-state index is 9.61. The second-order valence-electron chi connectivity index (χ2n) is 16.1. The van der Waals surface area contributed by atoms with Crippen LogP contribution in [-0.2, 0) is 5.41 Å². The van der Waals surface area contributed by atoms with Crippen molar-refractivity contribution in [3.63, 3.8) is 0 Å². The third-order valence-electron chi connectivity index (χ3n) is 13.5. The van der Waals surface area contributed by atoms with Gasteiger partial charge in [0.1, 0.15) is 0 Å². The van der Waals surface area contributed by atoms with Crippen molar-refractivity contribution in [3.8, 4) is 57.0 Å². The van der Waals surface area contributed by atoms with Crippen molar-refractivity contribution in [1.82, 2.24) is 19.5 Å². The highest BCUT2D eigenvalue weighted by Gasteiger charge is 2.63. The third-order valence-corrected chi connectivity index (χ3v) is 13.5. The maximum Gasteiger partial charge on any atom is 0.164 e. The molecule has 11 rings (SSSR count). The minimum atomic E-state index is 0.392. The zero-order valence-electron chi connectivity index (χ0n) is 30.7. The van der Waals surface area contributed by atoms with Crippen LogP contribution in [0.1, 0.15) is 43.7 Å². The highest BCUT2D eigenvalue weighted by molar-refractivity contribution is 6.10. The number of fused-ring (bicyclic) bond motifs is 4. The van der Waals surface area contributed by atoms with Gasteiger partial charge in [-0.25, -0.2) is 15.0 Å². The minimum absolute atomic E-state index is 0.392. The second-order valence-corrected chi connectivity index (χ2v) is 16.1. The van der Waals surface area contributed by atoms with Gasteiger partial charge in [0, 0.05) is 33.2 Å². The average molecular weight is 710 g/mol. The highest BCUT2D eigenvalue weighted by Crippen LogP contribution is 2.69. The Hall–Kier alpha value is -6.38. The van der Waals surface area contributed by atoms with Crippen LogP contribution < -0.4 is 0 Å². The van der Waals surface area contributed by atoms with Crippen molar-refractivity contribution < 1.29 is 0 Å². The fourth-order valence-corrected chi connectivity index (χ4v) is 11.0. The van der Waals surface area contributed by atoms with Gasteiger partial charge in [0.25, 0.3) is 0 Å². The van der Waals surface area contributed by atoms with Crippen LogP contribution in [0, 0.1) is 35.0 Å². The molecule has 0 saturated heterocycles. The molecule has 5 nitrogen and oxygen atoms in total. The Kier molecular flexibility index (Phi) is 7.19. The van der Waals surface area contributed by atoms with Crippen LogP contribution >= 0.6 is 0 Å². The predicted molar refractivity (Wildman–Crippen MR) is 220 cm³/mol. The molecule has 2 bridgehead atoms. The van der Waals surface area contributed by atoms with E-state index >= 15 is 0 Å². The minimum Gasteiger partial charge on any atom is -0.309 e. The van der Waals surface area contributed by atoms with Crippen LogP contribution in [0.3, 0.4) is 0 Å². The Balaban J connectivity index is 0.985. The molecule has 264 valence electrons. The summed E-state index contributed by atoms with van der Waals surface area (Å²) in [6.07, 6.45) is 5.68. The van der Waals surface area contributed by atoms with Crippen molar-refractivity contribution in [3.05, 3.63) is 157 Å². The molecule has 3 aliphatic rings. The van der Waals surface area contributed by atoms with Crippen LogP contribution in [0.15, 0.2) is 146 Å². The van der Waals surface area contributed by atoms with E-state index in [4.69, 9.17) is 15.0 Å². The standard InChI is InChI=1S/C50H39N5/c1-31-46-38-14-15-39(46)29-50(31,28-38)40-21-16-33(17-22-40)34-18-23-41(24-19-34)55-44-13-6-5-12-42(44)43-25-20-37(27-45(43)55)49-53-47(35-9-3-2-4-10-35)52-48(54-49)36-11-7-8-32(26-36)30-51/h2-13,16-27,31,38-39,46H,14-15,28-29H2,1H3/t31-,38-,39+,46-,50?/m0/s1. The Morgan fingerprint density at radius 1 is 0.564 bits per heavy atom. The van der Waals surface area contributed by atoms with Crippen LogP contribution in [0.2, 0.25) is 0 Å². The summed E-state index contributed by atoms with van der Waals surface area (Å²) in [6.45, 7) is 2.54. The number of rotatable bonds is 6. The van der Waals surface area contributed by atoms with Crippen molar-refractivity contribution in [1.29, 1.82) is 5.26 Å². The first-order valence-electron chi connectivity index (χ1n) is 19.6. The molecule has 3 fully saturated rings. The average Bonchev–Trinajstić information content (AvgIpc) is 3.92. The first-order chi connectivity index (χ1) is 27.1. The third kappa shape index (κ3) is 5.01. The second kappa shape index (κ2) is 12.3. The number of hydrogen-bond donors (Lipinski definition) is 0. The lowest BCUT2D eigenvalue weighted by Gasteiger charge is -2.32. The van der Waals surface area contributed by atoms with E-state index in [1.54, 1.807) is 11.6 Å². The molecule has 5 heteroatoms. The van der Waals surface area contributed by atoms with E-state index in [0.29, 0.717) is 28.5 Å². The van der Waals surface area contributed by atoms with Crippen molar-refractivity contribution in [2.24, 2.45) is 23.7 Å². The fraction of sp³-hybridized carbons (Fsp3) is 0.200. The number of nitrogens with zero attached hydrogens (tertiary/aromatic N) is 5. The van der Waals surface area contributed by atoms with E-state index in [1.165, 1.54) is 47.6 Å². The maximum absolute atomic E-state index is 9.61. The van der Waals surface area contributed by atoms with E-state index in [1.807, 2.05) is 48.5 Å². The number of nitriles is 1. The first-order valence-corrected chi connectivity index (χ1v) is 19.6. The molecule has 2 heterocycles. The number of aromatic nitrogens is 4. The largest absolute Gasteiger partial charge is 0.309 e. The summed E-state index contributed by atoms with van der Waals surface area (Å²) in [5.41, 5.74) is 10.9. The molecule has 0 spiro atoms. The Bertz CT molecular complexity index is 2800. The summed E-state index contributed by atoms with van der Waals surface area (Å²) in [5, 5.41) is 12.0. The quantitative estimate of drug-likeness (QED) is 0.172. The van der Waals surface area contributed by atoms with Gasteiger partial charge < -0.3 is 4.57 Å². The molecule has 8 aromatic rings. The topological polar surface area (TPSA) is 67.4 Å². The molecule has 0 radical (unpaired) electrons. The van der Waals surface area contributed by atoms with E-state index in [9.17, 15) is 5.26 Å². The van der Waals surface area contributed by atoms with Gasteiger partial charge in [-0.3, -0.25) is 0 Å². The Morgan fingerprint density at radius 3 is 1.84 bits per heavy atom. The normalized spacial score (nSPS) is 22.4. The van der Waals surface area contributed by atoms with E-state index in [-0.39, 0.29) is 0 Å². The first kappa shape index (κ1) is 32.1. The molecule has 6 aromatic carbocycles. The monoisotopic (exact) mass is 709 g/mol. The van der Waals surface area contributed by atoms with Gasteiger partial charge >= 0.3 is 0 Å². The Labute approximate surface area is 321 Å². The summed E-state index contributed by atoms with van der Waals surface area (Å²) < 4.78 is 2.35. The van der Waals surface area contributed by atoms with Crippen molar-refractivity contribution in [2.45, 2.75) is 38.0 Å². The summed E-state index contributed by atoms with van der Waals surface area (Å²) in [4.78, 5) is 14.9. The molecule has 3 aliphatic carbocycles. The zero-order chi connectivity index (χ0) is 36.7. The summed E-state index contributed by atoms with van der Waals surface area (Å²) in [6, 6.07) is 53.4. The van der Waals surface area contributed by atoms with E-state index in [0.717, 1.165) is 57.1 Å². The predicted octanol–water partition coefficient (Wildman–Crippen LogP) is 11.8. The molecule has 0 amide bonds. The molecule has 3 saturated carbocycles. The van der Waals surface area contributed by atoms with E-state index in [2.05, 4.69) is 109 Å². The smallest absolute Gasteiger partial charge is 0.164 e. The number of hydrogen-bond acceptors (Lipinski definition) is 4. The van der Waals surface area contributed by atoms with Gasteiger partial charge in [0.2, 0.25) is 0 Å². The molecular formula is C50H39N5. The van der Waals surface area contributed by atoms with Crippen molar-refractivity contribution in [2.75, 3.05) is 0 Å². The number of benzene rings is 6. The van der Waals surface area contributed by atoms with Crippen LogP contribution in [0.5, 0.6) is 0 Å². The highest BCUT2D eigenvalue weighted by atomic mass is 15.0. The van der Waals surface area contributed by atoms with E-state index < -0.39 is 0 Å². The molecule has 0 aliphatic heterocycles. The van der Waals surface area contributed by atoms with Crippen LogP contribution in [0.4, 0.5) is 0 Å². The summed E-state index contributed by atoms with van der Waals surface area (Å²) in [5.74, 6) is 5.36. The fourth-order valence-electron chi connectivity index (χ4n) is 11.0. The van der Waals surface area contributed by atoms with Gasteiger partial charge in [0.05, 0.1) is 22.7 Å². The molecule has 5 atom stereocenters. The Morgan fingerprint density at radius 2 is 1.15 bits per heavy atom. The van der Waals surface area contributed by atoms with Crippen LogP contribution in [0.25, 0.3) is 72.8 Å². The lowest BCUT2D eigenvalue weighted by molar-refractivity contribution is 0.307.